The lowest BCUT2D eigenvalue weighted by atomic mass is 10.1. The quantitative estimate of drug-likeness (QED) is 0.848. The van der Waals surface area contributed by atoms with E-state index in [2.05, 4.69) is 17.4 Å². The first kappa shape index (κ1) is 10.9. The summed E-state index contributed by atoms with van der Waals surface area (Å²) in [7, 11) is 0. The average molecular weight is 220 g/mol. The Morgan fingerprint density at radius 1 is 1.44 bits per heavy atom. The van der Waals surface area contributed by atoms with E-state index in [1.54, 1.807) is 6.08 Å². The van der Waals surface area contributed by atoms with E-state index in [-0.39, 0.29) is 11.8 Å². The Balaban J connectivity index is 2.12. The number of aryl methyl sites for hydroxylation is 2. The van der Waals surface area contributed by atoms with Crippen molar-refractivity contribution < 1.29 is 9.32 Å². The molecular formula is C12H16N2O2. The standard InChI is InChI=1S/C12H16N2O2/c1-7(12-8(2)14-16-9(12)3)13-10-4-5-11(15)6-10/h6-7,13H,4-5H2,1-3H3. The second kappa shape index (κ2) is 4.12. The molecule has 4 nitrogen and oxygen atoms in total. The molecule has 1 aromatic heterocycles. The van der Waals surface area contributed by atoms with Gasteiger partial charge in [0.05, 0.1) is 11.7 Å². The van der Waals surface area contributed by atoms with Gasteiger partial charge < -0.3 is 9.84 Å². The number of nitrogens with zero attached hydrogens (tertiary/aromatic N) is 1. The van der Waals surface area contributed by atoms with Crippen molar-refractivity contribution in [2.45, 2.75) is 39.7 Å². The van der Waals surface area contributed by atoms with Crippen LogP contribution in [0.2, 0.25) is 0 Å². The fourth-order valence-electron chi connectivity index (χ4n) is 2.17. The van der Waals surface area contributed by atoms with Crippen molar-refractivity contribution in [2.75, 3.05) is 0 Å². The van der Waals surface area contributed by atoms with Crippen molar-refractivity contribution in [3.8, 4) is 0 Å². The van der Waals surface area contributed by atoms with E-state index in [1.165, 1.54) is 0 Å². The minimum atomic E-state index is 0.128. The minimum absolute atomic E-state index is 0.128. The molecule has 0 saturated carbocycles. The molecule has 0 saturated heterocycles. The lowest BCUT2D eigenvalue weighted by Crippen LogP contribution is -2.18. The van der Waals surface area contributed by atoms with Gasteiger partial charge in [0.25, 0.3) is 0 Å². The lowest BCUT2D eigenvalue weighted by Gasteiger charge is -2.15. The molecule has 0 bridgehead atoms. The van der Waals surface area contributed by atoms with Gasteiger partial charge in [0.1, 0.15) is 5.76 Å². The zero-order valence-electron chi connectivity index (χ0n) is 9.83. The Hall–Kier alpha value is -1.58. The van der Waals surface area contributed by atoms with Crippen molar-refractivity contribution in [3.05, 3.63) is 28.8 Å². The van der Waals surface area contributed by atoms with Crippen molar-refractivity contribution in [2.24, 2.45) is 0 Å². The summed E-state index contributed by atoms with van der Waals surface area (Å²) in [4.78, 5) is 11.1. The molecule has 1 heterocycles. The molecule has 4 heteroatoms. The molecule has 1 aromatic rings. The van der Waals surface area contributed by atoms with Crippen molar-refractivity contribution in [1.82, 2.24) is 10.5 Å². The summed E-state index contributed by atoms with van der Waals surface area (Å²) in [6.07, 6.45) is 3.12. The number of rotatable bonds is 3. The summed E-state index contributed by atoms with van der Waals surface area (Å²) in [5.74, 6) is 1.04. The third-order valence-corrected chi connectivity index (χ3v) is 2.90. The normalized spacial score (nSPS) is 17.4. The van der Waals surface area contributed by atoms with Crippen molar-refractivity contribution in [3.63, 3.8) is 0 Å². The zero-order valence-corrected chi connectivity index (χ0v) is 9.83. The number of carbonyl (C=O) groups excluding carboxylic acids is 1. The van der Waals surface area contributed by atoms with Gasteiger partial charge in [-0.2, -0.15) is 0 Å². The molecule has 1 atom stereocenters. The Bertz CT molecular complexity index is 426. The van der Waals surface area contributed by atoms with Crippen LogP contribution in [0.1, 0.15) is 42.8 Å². The van der Waals surface area contributed by atoms with Crippen LogP contribution in [0.15, 0.2) is 16.3 Å². The summed E-state index contributed by atoms with van der Waals surface area (Å²) in [5.41, 5.74) is 3.00. The maximum absolute atomic E-state index is 11.1. The number of allylic oxidation sites excluding steroid dienone is 2. The van der Waals surface area contributed by atoms with Crippen LogP contribution in [0.25, 0.3) is 0 Å². The number of hydrogen-bond donors (Lipinski definition) is 1. The first-order chi connectivity index (χ1) is 7.58. The van der Waals surface area contributed by atoms with Crippen LogP contribution in [0.5, 0.6) is 0 Å². The molecule has 1 aliphatic carbocycles. The monoisotopic (exact) mass is 220 g/mol. The second-order valence-electron chi connectivity index (χ2n) is 4.24. The topological polar surface area (TPSA) is 55.1 Å². The first-order valence-corrected chi connectivity index (χ1v) is 5.50. The van der Waals surface area contributed by atoms with Gasteiger partial charge in [-0.3, -0.25) is 4.79 Å². The molecule has 16 heavy (non-hydrogen) atoms. The third-order valence-electron chi connectivity index (χ3n) is 2.90. The maximum Gasteiger partial charge on any atom is 0.157 e. The Labute approximate surface area is 94.7 Å². The third kappa shape index (κ3) is 2.01. The molecule has 0 spiro atoms. The first-order valence-electron chi connectivity index (χ1n) is 5.50. The summed E-state index contributed by atoms with van der Waals surface area (Å²) in [6.45, 7) is 5.88. The number of aromatic nitrogens is 1. The van der Waals surface area contributed by atoms with Gasteiger partial charge in [-0.1, -0.05) is 5.16 Å². The molecule has 1 N–H and O–H groups in total. The molecule has 1 unspecified atom stereocenters. The van der Waals surface area contributed by atoms with Gasteiger partial charge in [0, 0.05) is 23.8 Å². The number of carbonyl (C=O) groups is 1. The summed E-state index contributed by atoms with van der Waals surface area (Å²) < 4.78 is 5.13. The van der Waals surface area contributed by atoms with E-state index < -0.39 is 0 Å². The van der Waals surface area contributed by atoms with Gasteiger partial charge in [0.15, 0.2) is 5.78 Å². The van der Waals surface area contributed by atoms with E-state index >= 15 is 0 Å². The minimum Gasteiger partial charge on any atom is -0.382 e. The highest BCUT2D eigenvalue weighted by Gasteiger charge is 2.19. The Morgan fingerprint density at radius 3 is 2.69 bits per heavy atom. The molecule has 0 aliphatic heterocycles. The molecule has 2 rings (SSSR count). The van der Waals surface area contributed by atoms with Gasteiger partial charge in [-0.05, 0) is 27.2 Å². The van der Waals surface area contributed by atoms with Crippen LogP contribution in [0.3, 0.4) is 0 Å². The predicted octanol–water partition coefficient (Wildman–Crippen LogP) is 2.19. The number of ketones is 1. The highest BCUT2D eigenvalue weighted by molar-refractivity contribution is 5.92. The molecule has 0 aromatic carbocycles. The second-order valence-corrected chi connectivity index (χ2v) is 4.24. The van der Waals surface area contributed by atoms with Crippen molar-refractivity contribution >= 4 is 5.78 Å². The summed E-state index contributed by atoms with van der Waals surface area (Å²) >= 11 is 0. The smallest absolute Gasteiger partial charge is 0.157 e. The number of nitrogens with one attached hydrogen (secondary N) is 1. The molecule has 86 valence electrons. The SMILES string of the molecule is Cc1noc(C)c1C(C)NC1=CC(=O)CC1. The highest BCUT2D eigenvalue weighted by Crippen LogP contribution is 2.23. The van der Waals surface area contributed by atoms with E-state index in [9.17, 15) is 4.79 Å². The van der Waals surface area contributed by atoms with E-state index in [1.807, 2.05) is 13.8 Å². The molecular weight excluding hydrogens is 204 g/mol. The van der Waals surface area contributed by atoms with Crippen LogP contribution < -0.4 is 5.32 Å². The maximum atomic E-state index is 11.1. The van der Waals surface area contributed by atoms with E-state index in [0.717, 1.165) is 29.1 Å². The molecule has 0 fully saturated rings. The largest absolute Gasteiger partial charge is 0.382 e. The average Bonchev–Trinajstić information content (AvgIpc) is 2.74. The Kier molecular flexibility index (Phi) is 2.81. The number of hydrogen-bond acceptors (Lipinski definition) is 4. The van der Waals surface area contributed by atoms with Crippen LogP contribution in [0.4, 0.5) is 0 Å². The zero-order chi connectivity index (χ0) is 11.7. The molecule has 1 aliphatic rings. The van der Waals surface area contributed by atoms with Crippen LogP contribution in [-0.4, -0.2) is 10.9 Å². The van der Waals surface area contributed by atoms with Crippen LogP contribution in [-0.2, 0) is 4.79 Å². The van der Waals surface area contributed by atoms with Gasteiger partial charge in [-0.15, -0.1) is 0 Å². The van der Waals surface area contributed by atoms with Gasteiger partial charge in [0.2, 0.25) is 0 Å². The van der Waals surface area contributed by atoms with Gasteiger partial charge >= 0.3 is 0 Å². The Morgan fingerprint density at radius 2 is 2.19 bits per heavy atom. The van der Waals surface area contributed by atoms with E-state index in [4.69, 9.17) is 4.52 Å². The predicted molar refractivity (Wildman–Crippen MR) is 59.9 cm³/mol. The lowest BCUT2D eigenvalue weighted by molar-refractivity contribution is -0.114. The summed E-state index contributed by atoms with van der Waals surface area (Å²) in [6, 6.07) is 0.128. The fourth-order valence-corrected chi connectivity index (χ4v) is 2.17. The van der Waals surface area contributed by atoms with E-state index in [0.29, 0.717) is 6.42 Å². The van der Waals surface area contributed by atoms with Gasteiger partial charge in [-0.25, -0.2) is 0 Å². The highest BCUT2D eigenvalue weighted by atomic mass is 16.5. The molecule has 0 radical (unpaired) electrons. The molecule has 0 amide bonds. The van der Waals surface area contributed by atoms with Crippen LogP contribution >= 0.6 is 0 Å². The van der Waals surface area contributed by atoms with Crippen LogP contribution in [0, 0.1) is 13.8 Å². The summed E-state index contributed by atoms with van der Waals surface area (Å²) in [5, 5.41) is 7.26. The van der Waals surface area contributed by atoms with Crippen molar-refractivity contribution in [1.29, 1.82) is 0 Å². The fraction of sp³-hybridized carbons (Fsp3) is 0.500.